The van der Waals surface area contributed by atoms with E-state index in [1.807, 2.05) is 11.8 Å². The molecule has 3 amide bonds. The molecular formula is C17H29N3O4S. The Bertz CT molecular complexity index is 626. The molecule has 0 unspecified atom stereocenters. The minimum Gasteiger partial charge on any atom is -0.323 e. The van der Waals surface area contributed by atoms with Crippen molar-refractivity contribution >= 4 is 21.8 Å². The van der Waals surface area contributed by atoms with Gasteiger partial charge in [-0.1, -0.05) is 32.6 Å². The topological polar surface area (TPSA) is 86.8 Å². The van der Waals surface area contributed by atoms with Gasteiger partial charge in [-0.2, -0.15) is 0 Å². The second-order valence-corrected chi connectivity index (χ2v) is 9.90. The highest BCUT2D eigenvalue weighted by atomic mass is 32.2. The normalized spacial score (nSPS) is 28.6. The number of hydrogen-bond donors (Lipinski definition) is 1. The van der Waals surface area contributed by atoms with Crippen LogP contribution in [-0.4, -0.2) is 66.5 Å². The molecule has 0 bridgehead atoms. The van der Waals surface area contributed by atoms with Gasteiger partial charge in [-0.3, -0.25) is 9.69 Å². The maximum atomic E-state index is 13.0. The first-order valence-electron chi connectivity index (χ1n) is 9.45. The van der Waals surface area contributed by atoms with E-state index in [1.54, 1.807) is 0 Å². The SMILES string of the molecule is CCCN(CN1C(=O)NC2(CCCCCC2)C1=O)[C@@H]1CCS(=O)(=O)C1. The third-order valence-corrected chi connectivity index (χ3v) is 7.51. The van der Waals surface area contributed by atoms with Crippen molar-refractivity contribution in [3.8, 4) is 0 Å². The quantitative estimate of drug-likeness (QED) is 0.740. The monoisotopic (exact) mass is 371 g/mol. The van der Waals surface area contributed by atoms with E-state index < -0.39 is 15.4 Å². The van der Waals surface area contributed by atoms with Gasteiger partial charge in [-0.05, 0) is 32.2 Å². The zero-order valence-electron chi connectivity index (χ0n) is 15.0. The molecule has 8 heteroatoms. The minimum absolute atomic E-state index is 0.101. The van der Waals surface area contributed by atoms with Gasteiger partial charge < -0.3 is 5.32 Å². The number of rotatable bonds is 5. The number of urea groups is 1. The molecule has 1 saturated carbocycles. The van der Waals surface area contributed by atoms with Gasteiger partial charge in [-0.15, -0.1) is 0 Å². The summed E-state index contributed by atoms with van der Waals surface area (Å²) in [6.45, 7) is 2.90. The molecule has 1 spiro atoms. The molecule has 1 N–H and O–H groups in total. The summed E-state index contributed by atoms with van der Waals surface area (Å²) in [5.41, 5.74) is -0.729. The van der Waals surface area contributed by atoms with Crippen LogP contribution in [0.1, 0.15) is 58.3 Å². The number of hydrogen-bond acceptors (Lipinski definition) is 5. The van der Waals surface area contributed by atoms with Gasteiger partial charge >= 0.3 is 6.03 Å². The van der Waals surface area contributed by atoms with E-state index >= 15 is 0 Å². The molecule has 2 heterocycles. The molecule has 3 rings (SSSR count). The second-order valence-electron chi connectivity index (χ2n) is 7.67. The molecule has 1 aliphatic carbocycles. The number of carbonyl (C=O) groups is 2. The first-order valence-corrected chi connectivity index (χ1v) is 11.3. The van der Waals surface area contributed by atoms with Crippen molar-refractivity contribution in [2.24, 2.45) is 0 Å². The molecule has 25 heavy (non-hydrogen) atoms. The highest BCUT2D eigenvalue weighted by molar-refractivity contribution is 7.91. The van der Waals surface area contributed by atoms with E-state index in [-0.39, 0.29) is 36.2 Å². The van der Waals surface area contributed by atoms with Crippen LogP contribution in [0.2, 0.25) is 0 Å². The molecule has 2 aliphatic heterocycles. The van der Waals surface area contributed by atoms with Crippen molar-refractivity contribution in [1.29, 1.82) is 0 Å². The average Bonchev–Trinajstić information content (AvgIpc) is 2.89. The van der Waals surface area contributed by atoms with Crippen LogP contribution in [0.4, 0.5) is 4.79 Å². The highest BCUT2D eigenvalue weighted by Gasteiger charge is 2.51. The number of imide groups is 1. The van der Waals surface area contributed by atoms with Crippen molar-refractivity contribution in [3.63, 3.8) is 0 Å². The Morgan fingerprint density at radius 1 is 1.20 bits per heavy atom. The average molecular weight is 372 g/mol. The largest absolute Gasteiger partial charge is 0.326 e. The van der Waals surface area contributed by atoms with Gasteiger partial charge in [0.1, 0.15) is 5.54 Å². The van der Waals surface area contributed by atoms with Crippen molar-refractivity contribution in [2.75, 3.05) is 24.7 Å². The lowest BCUT2D eigenvalue weighted by Gasteiger charge is -2.31. The first kappa shape index (κ1) is 18.6. The zero-order valence-corrected chi connectivity index (χ0v) is 15.8. The molecule has 142 valence electrons. The fourth-order valence-corrected chi connectivity index (χ4v) is 6.14. The number of sulfone groups is 1. The summed E-state index contributed by atoms with van der Waals surface area (Å²) in [4.78, 5) is 28.8. The Kier molecular flexibility index (Phi) is 5.39. The lowest BCUT2D eigenvalue weighted by atomic mass is 9.90. The Balaban J connectivity index is 1.73. The number of carbonyl (C=O) groups excluding carboxylic acids is 2. The van der Waals surface area contributed by atoms with Gasteiger partial charge in [-0.25, -0.2) is 18.1 Å². The van der Waals surface area contributed by atoms with Crippen LogP contribution in [0.5, 0.6) is 0 Å². The summed E-state index contributed by atoms with van der Waals surface area (Å²) < 4.78 is 23.6. The molecule has 3 fully saturated rings. The first-order chi connectivity index (χ1) is 11.9. The third-order valence-electron chi connectivity index (χ3n) is 5.76. The second kappa shape index (κ2) is 7.23. The Labute approximate surface area is 150 Å². The summed E-state index contributed by atoms with van der Waals surface area (Å²) in [5.74, 6) is 0.199. The van der Waals surface area contributed by atoms with E-state index in [1.165, 1.54) is 4.90 Å². The van der Waals surface area contributed by atoms with Gasteiger partial charge in [0, 0.05) is 6.04 Å². The minimum atomic E-state index is -3.00. The summed E-state index contributed by atoms with van der Waals surface area (Å²) in [6, 6.07) is -0.426. The van der Waals surface area contributed by atoms with E-state index in [9.17, 15) is 18.0 Å². The fourth-order valence-electron chi connectivity index (χ4n) is 4.38. The van der Waals surface area contributed by atoms with Crippen molar-refractivity contribution in [1.82, 2.24) is 15.1 Å². The van der Waals surface area contributed by atoms with Crippen LogP contribution < -0.4 is 5.32 Å². The van der Waals surface area contributed by atoms with Crippen molar-refractivity contribution < 1.29 is 18.0 Å². The van der Waals surface area contributed by atoms with E-state index in [0.717, 1.165) is 32.1 Å². The molecule has 0 radical (unpaired) electrons. The maximum Gasteiger partial charge on any atom is 0.326 e. The molecule has 1 atom stereocenters. The predicted octanol–water partition coefficient (Wildman–Crippen LogP) is 1.49. The molecule has 2 saturated heterocycles. The summed E-state index contributed by atoms with van der Waals surface area (Å²) in [6.07, 6.45) is 6.97. The third kappa shape index (κ3) is 3.84. The summed E-state index contributed by atoms with van der Waals surface area (Å²) in [7, 11) is -3.00. The molecule has 7 nitrogen and oxygen atoms in total. The van der Waals surface area contributed by atoms with Crippen LogP contribution in [0, 0.1) is 0 Å². The van der Waals surface area contributed by atoms with Crippen LogP contribution in [-0.2, 0) is 14.6 Å². The fraction of sp³-hybridized carbons (Fsp3) is 0.882. The highest BCUT2D eigenvalue weighted by Crippen LogP contribution is 2.33. The zero-order chi connectivity index (χ0) is 18.1. The van der Waals surface area contributed by atoms with E-state index in [4.69, 9.17) is 0 Å². The molecular weight excluding hydrogens is 342 g/mol. The number of nitrogens with one attached hydrogen (secondary N) is 1. The van der Waals surface area contributed by atoms with E-state index in [2.05, 4.69) is 5.32 Å². The molecule has 0 aromatic heterocycles. The number of nitrogens with zero attached hydrogens (tertiary/aromatic N) is 2. The lowest BCUT2D eigenvalue weighted by Crippen LogP contribution is -2.49. The summed E-state index contributed by atoms with van der Waals surface area (Å²) >= 11 is 0. The maximum absolute atomic E-state index is 13.0. The standard InChI is InChI=1S/C17H29N3O4S/c1-2-10-19(14-7-11-25(23,24)12-14)13-20-15(21)17(18-16(20)22)8-5-3-4-6-9-17/h14H,2-13H2,1H3,(H,18,22)/t14-/m1/s1. The molecule has 0 aromatic rings. The molecule has 0 aromatic carbocycles. The summed E-state index contributed by atoms with van der Waals surface area (Å²) in [5, 5.41) is 2.96. The Hall–Kier alpha value is -1.15. The number of amides is 3. The van der Waals surface area contributed by atoms with Crippen LogP contribution in [0.3, 0.4) is 0 Å². The van der Waals surface area contributed by atoms with E-state index in [0.29, 0.717) is 25.8 Å². The van der Waals surface area contributed by atoms with Gasteiger partial charge in [0.05, 0.1) is 18.2 Å². The Morgan fingerprint density at radius 2 is 1.88 bits per heavy atom. The van der Waals surface area contributed by atoms with Gasteiger partial charge in [0.2, 0.25) is 0 Å². The van der Waals surface area contributed by atoms with Crippen molar-refractivity contribution in [3.05, 3.63) is 0 Å². The van der Waals surface area contributed by atoms with Gasteiger partial charge in [0.15, 0.2) is 9.84 Å². The van der Waals surface area contributed by atoms with Crippen LogP contribution in [0.25, 0.3) is 0 Å². The van der Waals surface area contributed by atoms with Crippen LogP contribution >= 0.6 is 0 Å². The Morgan fingerprint density at radius 3 is 2.44 bits per heavy atom. The molecule has 3 aliphatic rings. The smallest absolute Gasteiger partial charge is 0.323 e. The van der Waals surface area contributed by atoms with Gasteiger partial charge in [0.25, 0.3) is 5.91 Å². The lowest BCUT2D eigenvalue weighted by molar-refractivity contribution is -0.133. The predicted molar refractivity (Wildman–Crippen MR) is 94.7 cm³/mol. The van der Waals surface area contributed by atoms with Crippen molar-refractivity contribution in [2.45, 2.75) is 69.9 Å². The van der Waals surface area contributed by atoms with Crippen LogP contribution in [0.15, 0.2) is 0 Å².